The fraction of sp³-hybridized carbons (Fsp3) is 0.176. The molecule has 5 heteroatoms. The number of hydrogen-bond donors (Lipinski definition) is 0. The number of methoxy groups -OCH3 is 2. The van der Waals surface area contributed by atoms with E-state index in [-0.39, 0.29) is 0 Å². The van der Waals surface area contributed by atoms with E-state index in [4.69, 9.17) is 25.8 Å². The Morgan fingerprint density at radius 3 is 2.27 bits per heavy atom. The molecule has 0 bridgehead atoms. The number of hydrogen-bond acceptors (Lipinski definition) is 4. The first-order valence-electron chi connectivity index (χ1n) is 6.74. The monoisotopic (exact) mass is 334 g/mol. The second-order valence-electron chi connectivity index (χ2n) is 4.62. The molecule has 0 aliphatic heterocycles. The zero-order valence-corrected chi connectivity index (χ0v) is 13.8. The third-order valence-corrected chi connectivity index (χ3v) is 5.02. The van der Waals surface area contributed by atoms with Crippen molar-refractivity contribution in [2.45, 2.75) is 6.61 Å². The van der Waals surface area contributed by atoms with Gasteiger partial charge < -0.3 is 14.2 Å². The van der Waals surface area contributed by atoms with Crippen molar-refractivity contribution in [1.29, 1.82) is 0 Å². The van der Waals surface area contributed by atoms with Gasteiger partial charge in [-0.05, 0) is 18.2 Å². The number of para-hydroxylation sites is 1. The summed E-state index contributed by atoms with van der Waals surface area (Å²) in [5.74, 6) is 1.86. The van der Waals surface area contributed by atoms with Gasteiger partial charge in [-0.15, -0.1) is 11.3 Å². The molecule has 1 aromatic heterocycles. The van der Waals surface area contributed by atoms with Crippen molar-refractivity contribution in [2.75, 3.05) is 14.2 Å². The van der Waals surface area contributed by atoms with Gasteiger partial charge in [-0.25, -0.2) is 0 Å². The van der Waals surface area contributed by atoms with Gasteiger partial charge in [0.2, 0.25) is 5.75 Å². The molecule has 3 aromatic rings. The van der Waals surface area contributed by atoms with Gasteiger partial charge in [0.25, 0.3) is 0 Å². The second-order valence-corrected chi connectivity index (χ2v) is 6.13. The van der Waals surface area contributed by atoms with Crippen molar-refractivity contribution in [2.24, 2.45) is 0 Å². The summed E-state index contributed by atoms with van der Waals surface area (Å²) in [6, 6.07) is 13.6. The molecule has 0 saturated heterocycles. The lowest BCUT2D eigenvalue weighted by atomic mass is 10.2. The molecule has 0 aliphatic rings. The highest BCUT2D eigenvalue weighted by Crippen LogP contribution is 2.40. The first-order chi connectivity index (χ1) is 10.7. The van der Waals surface area contributed by atoms with Crippen LogP contribution in [0.4, 0.5) is 0 Å². The minimum atomic E-state index is 0.370. The first kappa shape index (κ1) is 15.0. The van der Waals surface area contributed by atoms with E-state index in [2.05, 4.69) is 6.07 Å². The number of rotatable bonds is 5. The summed E-state index contributed by atoms with van der Waals surface area (Å²) in [6.45, 7) is 0.370. The van der Waals surface area contributed by atoms with Crippen molar-refractivity contribution in [3.63, 3.8) is 0 Å². The average Bonchev–Trinajstić information content (AvgIpc) is 2.89. The quantitative estimate of drug-likeness (QED) is 0.645. The molecule has 0 amide bonds. The van der Waals surface area contributed by atoms with E-state index >= 15 is 0 Å². The highest BCUT2D eigenvalue weighted by Gasteiger charge is 2.14. The number of benzene rings is 2. The molecule has 0 fully saturated rings. The van der Waals surface area contributed by atoms with Crippen LogP contribution in [0, 0.1) is 0 Å². The molecule has 3 nitrogen and oxygen atoms in total. The Morgan fingerprint density at radius 2 is 1.64 bits per heavy atom. The van der Waals surface area contributed by atoms with Gasteiger partial charge in [0.1, 0.15) is 6.61 Å². The van der Waals surface area contributed by atoms with Gasteiger partial charge in [-0.1, -0.05) is 35.9 Å². The SMILES string of the molecule is COc1cccc(OC)c1OCc1sc2ccccc2c1Cl. The van der Waals surface area contributed by atoms with Crippen LogP contribution in [-0.2, 0) is 6.61 Å². The van der Waals surface area contributed by atoms with Gasteiger partial charge >= 0.3 is 0 Å². The summed E-state index contributed by atoms with van der Waals surface area (Å²) in [7, 11) is 3.21. The Morgan fingerprint density at radius 1 is 0.955 bits per heavy atom. The molecule has 0 atom stereocenters. The van der Waals surface area contributed by atoms with Crippen molar-refractivity contribution in [3.8, 4) is 17.2 Å². The Balaban J connectivity index is 1.90. The molecule has 2 aromatic carbocycles. The van der Waals surface area contributed by atoms with Crippen LogP contribution in [0.2, 0.25) is 5.02 Å². The normalized spacial score (nSPS) is 10.7. The predicted molar refractivity (Wildman–Crippen MR) is 90.7 cm³/mol. The van der Waals surface area contributed by atoms with E-state index in [9.17, 15) is 0 Å². The first-order valence-corrected chi connectivity index (χ1v) is 7.93. The minimum absolute atomic E-state index is 0.370. The Labute approximate surface area is 138 Å². The number of ether oxygens (including phenoxy) is 3. The molecule has 0 spiro atoms. The lowest BCUT2D eigenvalue weighted by Crippen LogP contribution is -1.99. The molecule has 3 rings (SSSR count). The minimum Gasteiger partial charge on any atom is -0.493 e. The summed E-state index contributed by atoms with van der Waals surface area (Å²) < 4.78 is 17.7. The van der Waals surface area contributed by atoms with Gasteiger partial charge in [-0.2, -0.15) is 0 Å². The van der Waals surface area contributed by atoms with Crippen molar-refractivity contribution < 1.29 is 14.2 Å². The van der Waals surface area contributed by atoms with E-state index in [1.165, 1.54) is 0 Å². The molecule has 0 aliphatic carbocycles. The molecule has 0 saturated carbocycles. The number of halogens is 1. The van der Waals surface area contributed by atoms with Crippen molar-refractivity contribution in [1.82, 2.24) is 0 Å². The van der Waals surface area contributed by atoms with Crippen LogP contribution in [0.3, 0.4) is 0 Å². The summed E-state index contributed by atoms with van der Waals surface area (Å²) in [5, 5.41) is 1.80. The molecule has 0 unspecified atom stereocenters. The van der Waals surface area contributed by atoms with Crippen LogP contribution in [0.5, 0.6) is 17.2 Å². The van der Waals surface area contributed by atoms with Crippen LogP contribution >= 0.6 is 22.9 Å². The Hall–Kier alpha value is -1.91. The summed E-state index contributed by atoms with van der Waals surface area (Å²) in [6.07, 6.45) is 0. The van der Waals surface area contributed by atoms with Crippen LogP contribution in [-0.4, -0.2) is 14.2 Å². The fourth-order valence-corrected chi connectivity index (χ4v) is 3.66. The Bertz CT molecular complexity index is 775. The van der Waals surface area contributed by atoms with E-state index in [0.717, 1.165) is 20.0 Å². The molecule has 22 heavy (non-hydrogen) atoms. The molecule has 0 N–H and O–H groups in total. The van der Waals surface area contributed by atoms with Crippen LogP contribution in [0.15, 0.2) is 42.5 Å². The Kier molecular flexibility index (Phi) is 4.41. The predicted octanol–water partition coefficient (Wildman–Crippen LogP) is 5.15. The molecule has 0 radical (unpaired) electrons. The van der Waals surface area contributed by atoms with Crippen molar-refractivity contribution >= 4 is 33.0 Å². The zero-order valence-electron chi connectivity index (χ0n) is 12.3. The van der Waals surface area contributed by atoms with Gasteiger partial charge in [0, 0.05) is 10.1 Å². The third-order valence-electron chi connectivity index (χ3n) is 3.33. The lowest BCUT2D eigenvalue weighted by molar-refractivity contribution is 0.268. The number of thiophene rings is 1. The standard InChI is InChI=1S/C17H15ClO3S/c1-19-12-7-5-8-13(20-2)17(12)21-10-15-16(18)11-6-3-4-9-14(11)22-15/h3-9H,10H2,1-2H3. The van der Waals surface area contributed by atoms with Crippen LogP contribution in [0.1, 0.15) is 4.88 Å². The van der Waals surface area contributed by atoms with E-state index in [1.54, 1.807) is 25.6 Å². The second kappa shape index (κ2) is 6.46. The zero-order chi connectivity index (χ0) is 15.5. The van der Waals surface area contributed by atoms with E-state index < -0.39 is 0 Å². The fourth-order valence-electron chi connectivity index (χ4n) is 2.25. The summed E-state index contributed by atoms with van der Waals surface area (Å²) in [4.78, 5) is 0.982. The summed E-state index contributed by atoms with van der Waals surface area (Å²) >= 11 is 8.07. The average molecular weight is 335 g/mol. The molecular weight excluding hydrogens is 320 g/mol. The maximum atomic E-state index is 6.44. The largest absolute Gasteiger partial charge is 0.493 e. The lowest BCUT2D eigenvalue weighted by Gasteiger charge is -2.13. The van der Waals surface area contributed by atoms with E-state index in [0.29, 0.717) is 23.9 Å². The molecule has 1 heterocycles. The smallest absolute Gasteiger partial charge is 0.203 e. The maximum Gasteiger partial charge on any atom is 0.203 e. The highest BCUT2D eigenvalue weighted by molar-refractivity contribution is 7.19. The van der Waals surface area contributed by atoms with Gasteiger partial charge in [0.05, 0.1) is 24.1 Å². The third kappa shape index (κ3) is 2.72. The van der Waals surface area contributed by atoms with Crippen LogP contribution < -0.4 is 14.2 Å². The van der Waals surface area contributed by atoms with E-state index in [1.807, 2.05) is 36.4 Å². The topological polar surface area (TPSA) is 27.7 Å². The number of fused-ring (bicyclic) bond motifs is 1. The van der Waals surface area contributed by atoms with Gasteiger partial charge in [-0.3, -0.25) is 0 Å². The van der Waals surface area contributed by atoms with Crippen molar-refractivity contribution in [3.05, 3.63) is 52.4 Å². The van der Waals surface area contributed by atoms with Crippen LogP contribution in [0.25, 0.3) is 10.1 Å². The summed E-state index contributed by atoms with van der Waals surface area (Å²) in [5.41, 5.74) is 0. The highest BCUT2D eigenvalue weighted by atomic mass is 35.5. The van der Waals surface area contributed by atoms with Gasteiger partial charge in [0.15, 0.2) is 11.5 Å². The molecular formula is C17H15ClO3S. The molecule has 114 valence electrons. The maximum absolute atomic E-state index is 6.44.